The normalized spacial score (nSPS) is 10.8. The first-order chi connectivity index (χ1) is 5.88. The van der Waals surface area contributed by atoms with Crippen LogP contribution in [0.1, 0.15) is 20.8 Å². The standard InChI is InChI=1S/C8H15NO4/c1-4-13-6(10)5-9-7(11)8(2,3)12/h12H,4-5H2,1-3H3,(H,9,11). The maximum atomic E-state index is 11.0. The topological polar surface area (TPSA) is 75.6 Å². The van der Waals surface area contributed by atoms with E-state index in [1.54, 1.807) is 6.92 Å². The Balaban J connectivity index is 3.77. The number of nitrogens with one attached hydrogen (secondary N) is 1. The van der Waals surface area contributed by atoms with Gasteiger partial charge >= 0.3 is 5.97 Å². The lowest BCUT2D eigenvalue weighted by Crippen LogP contribution is -2.44. The highest BCUT2D eigenvalue weighted by molar-refractivity contribution is 5.87. The summed E-state index contributed by atoms with van der Waals surface area (Å²) >= 11 is 0. The number of hydrogen-bond acceptors (Lipinski definition) is 4. The van der Waals surface area contributed by atoms with Crippen LogP contribution >= 0.6 is 0 Å². The summed E-state index contributed by atoms with van der Waals surface area (Å²) < 4.78 is 4.57. The number of esters is 1. The molecule has 0 radical (unpaired) electrons. The van der Waals surface area contributed by atoms with Crippen molar-refractivity contribution >= 4 is 11.9 Å². The molecule has 0 heterocycles. The quantitative estimate of drug-likeness (QED) is 0.581. The smallest absolute Gasteiger partial charge is 0.325 e. The average Bonchev–Trinajstić information content (AvgIpc) is 1.99. The summed E-state index contributed by atoms with van der Waals surface area (Å²) in [4.78, 5) is 21.8. The number of carbonyl (C=O) groups excluding carboxylic acids is 2. The molecule has 0 aliphatic heterocycles. The Morgan fingerprint density at radius 3 is 2.38 bits per heavy atom. The van der Waals surface area contributed by atoms with Crippen LogP contribution in [0.3, 0.4) is 0 Å². The van der Waals surface area contributed by atoms with Crippen molar-refractivity contribution in [1.82, 2.24) is 5.32 Å². The summed E-state index contributed by atoms with van der Waals surface area (Å²) in [5.41, 5.74) is -1.47. The van der Waals surface area contributed by atoms with Gasteiger partial charge in [-0.15, -0.1) is 0 Å². The summed E-state index contributed by atoms with van der Waals surface area (Å²) in [6.45, 7) is 4.42. The fourth-order valence-corrected chi connectivity index (χ4v) is 0.581. The van der Waals surface area contributed by atoms with Gasteiger partial charge in [0.25, 0.3) is 5.91 Å². The molecule has 0 aromatic heterocycles. The van der Waals surface area contributed by atoms with Gasteiger partial charge in [0.15, 0.2) is 0 Å². The maximum Gasteiger partial charge on any atom is 0.325 e. The van der Waals surface area contributed by atoms with Gasteiger partial charge in [0.2, 0.25) is 0 Å². The molecular formula is C8H15NO4. The average molecular weight is 189 g/mol. The zero-order valence-corrected chi connectivity index (χ0v) is 8.09. The third kappa shape index (κ3) is 5.19. The fourth-order valence-electron chi connectivity index (χ4n) is 0.581. The molecule has 5 nitrogen and oxygen atoms in total. The van der Waals surface area contributed by atoms with Crippen molar-refractivity contribution < 1.29 is 19.4 Å². The Morgan fingerprint density at radius 1 is 1.46 bits per heavy atom. The van der Waals surface area contributed by atoms with Crippen molar-refractivity contribution in [2.75, 3.05) is 13.2 Å². The zero-order valence-electron chi connectivity index (χ0n) is 8.09. The van der Waals surface area contributed by atoms with E-state index in [1.165, 1.54) is 13.8 Å². The maximum absolute atomic E-state index is 11.0. The van der Waals surface area contributed by atoms with E-state index >= 15 is 0 Å². The molecule has 2 N–H and O–H groups in total. The van der Waals surface area contributed by atoms with E-state index in [0.717, 1.165) is 0 Å². The van der Waals surface area contributed by atoms with Gasteiger partial charge in [-0.1, -0.05) is 0 Å². The minimum atomic E-state index is -1.47. The van der Waals surface area contributed by atoms with E-state index in [-0.39, 0.29) is 13.2 Å². The lowest BCUT2D eigenvalue weighted by atomic mass is 10.1. The first kappa shape index (κ1) is 11.9. The number of hydrogen-bond donors (Lipinski definition) is 2. The minimum absolute atomic E-state index is 0.212. The second-order valence-electron chi connectivity index (χ2n) is 3.05. The Bertz CT molecular complexity index is 195. The van der Waals surface area contributed by atoms with Crippen LogP contribution in [0.2, 0.25) is 0 Å². The summed E-state index contributed by atoms with van der Waals surface area (Å²) in [5, 5.41) is 11.4. The van der Waals surface area contributed by atoms with E-state index in [9.17, 15) is 9.59 Å². The van der Waals surface area contributed by atoms with Crippen molar-refractivity contribution in [3.05, 3.63) is 0 Å². The van der Waals surface area contributed by atoms with E-state index < -0.39 is 17.5 Å². The molecule has 13 heavy (non-hydrogen) atoms. The molecule has 0 bridgehead atoms. The molecule has 0 saturated heterocycles. The number of ether oxygens (including phenoxy) is 1. The van der Waals surface area contributed by atoms with Crippen LogP contribution < -0.4 is 5.32 Å². The second-order valence-corrected chi connectivity index (χ2v) is 3.05. The highest BCUT2D eigenvalue weighted by Gasteiger charge is 2.23. The molecule has 0 aromatic rings. The predicted octanol–water partition coefficient (Wildman–Crippen LogP) is -0.563. The zero-order chi connectivity index (χ0) is 10.5. The SMILES string of the molecule is CCOC(=O)CNC(=O)C(C)(C)O. The van der Waals surface area contributed by atoms with Gasteiger partial charge in [-0.05, 0) is 20.8 Å². The van der Waals surface area contributed by atoms with Crippen molar-refractivity contribution in [3.8, 4) is 0 Å². The summed E-state index contributed by atoms with van der Waals surface area (Å²) in [6, 6.07) is 0. The molecule has 1 amide bonds. The monoisotopic (exact) mass is 189 g/mol. The molecule has 0 unspecified atom stereocenters. The van der Waals surface area contributed by atoms with Gasteiger partial charge in [-0.25, -0.2) is 0 Å². The molecule has 0 atom stereocenters. The number of amides is 1. The van der Waals surface area contributed by atoms with Crippen LogP contribution in [0, 0.1) is 0 Å². The Labute approximate surface area is 77.1 Å². The largest absolute Gasteiger partial charge is 0.465 e. The molecular weight excluding hydrogens is 174 g/mol. The van der Waals surface area contributed by atoms with Gasteiger partial charge in [0.05, 0.1) is 6.61 Å². The predicted molar refractivity (Wildman–Crippen MR) is 45.9 cm³/mol. The van der Waals surface area contributed by atoms with Gasteiger partial charge in [-0.3, -0.25) is 9.59 Å². The molecule has 76 valence electrons. The summed E-state index contributed by atoms with van der Waals surface area (Å²) in [6.07, 6.45) is 0. The van der Waals surface area contributed by atoms with Crippen molar-refractivity contribution in [1.29, 1.82) is 0 Å². The van der Waals surface area contributed by atoms with Crippen LogP contribution in [0.25, 0.3) is 0 Å². The van der Waals surface area contributed by atoms with E-state index in [1.807, 2.05) is 0 Å². The fraction of sp³-hybridized carbons (Fsp3) is 0.750. The molecule has 0 spiro atoms. The Morgan fingerprint density at radius 2 is 2.00 bits per heavy atom. The molecule has 0 saturated carbocycles. The van der Waals surface area contributed by atoms with Crippen molar-refractivity contribution in [2.45, 2.75) is 26.4 Å². The van der Waals surface area contributed by atoms with Gasteiger partial charge in [0.1, 0.15) is 12.1 Å². The highest BCUT2D eigenvalue weighted by atomic mass is 16.5. The number of carbonyl (C=O) groups is 2. The van der Waals surface area contributed by atoms with Crippen molar-refractivity contribution in [2.24, 2.45) is 0 Å². The highest BCUT2D eigenvalue weighted by Crippen LogP contribution is 1.99. The van der Waals surface area contributed by atoms with Crippen LogP contribution in [0.15, 0.2) is 0 Å². The Hall–Kier alpha value is -1.10. The van der Waals surface area contributed by atoms with E-state index in [0.29, 0.717) is 0 Å². The first-order valence-electron chi connectivity index (χ1n) is 4.04. The lowest BCUT2D eigenvalue weighted by Gasteiger charge is -2.15. The third-order valence-corrected chi connectivity index (χ3v) is 1.25. The Kier molecular flexibility index (Phi) is 4.40. The van der Waals surface area contributed by atoms with Gasteiger partial charge in [-0.2, -0.15) is 0 Å². The van der Waals surface area contributed by atoms with Crippen LogP contribution in [-0.2, 0) is 14.3 Å². The van der Waals surface area contributed by atoms with E-state index in [2.05, 4.69) is 10.1 Å². The number of rotatable bonds is 4. The van der Waals surface area contributed by atoms with Crippen LogP contribution in [-0.4, -0.2) is 35.7 Å². The molecule has 0 fully saturated rings. The first-order valence-corrected chi connectivity index (χ1v) is 4.04. The molecule has 5 heteroatoms. The second kappa shape index (κ2) is 4.81. The molecule has 0 rings (SSSR count). The van der Waals surface area contributed by atoms with Gasteiger partial charge in [0, 0.05) is 0 Å². The summed E-state index contributed by atoms with van der Waals surface area (Å²) in [5.74, 6) is -1.11. The lowest BCUT2D eigenvalue weighted by molar-refractivity contribution is -0.146. The van der Waals surface area contributed by atoms with Crippen LogP contribution in [0.5, 0.6) is 0 Å². The summed E-state index contributed by atoms with van der Waals surface area (Å²) in [7, 11) is 0. The van der Waals surface area contributed by atoms with Gasteiger partial charge < -0.3 is 15.2 Å². The van der Waals surface area contributed by atoms with Crippen LogP contribution in [0.4, 0.5) is 0 Å². The number of aliphatic hydroxyl groups is 1. The molecule has 0 aliphatic carbocycles. The van der Waals surface area contributed by atoms with E-state index in [4.69, 9.17) is 5.11 Å². The third-order valence-electron chi connectivity index (χ3n) is 1.25. The van der Waals surface area contributed by atoms with Crippen molar-refractivity contribution in [3.63, 3.8) is 0 Å². The molecule has 0 aliphatic rings. The minimum Gasteiger partial charge on any atom is -0.465 e. The molecule has 0 aromatic carbocycles.